The van der Waals surface area contributed by atoms with Crippen molar-refractivity contribution in [1.82, 2.24) is 19.0 Å². The summed E-state index contributed by atoms with van der Waals surface area (Å²) >= 11 is 0. The Morgan fingerprint density at radius 1 is 1.26 bits per heavy atom. The van der Waals surface area contributed by atoms with Gasteiger partial charge in [-0.2, -0.15) is 0 Å². The number of aliphatic hydroxyl groups is 1. The monoisotopic (exact) mass is 461 g/mol. The van der Waals surface area contributed by atoms with Gasteiger partial charge in [0.15, 0.2) is 5.82 Å². The number of aryl methyl sites for hydroxylation is 2. The number of nitrogens with two attached hydrogens (primary N) is 1. The maximum absolute atomic E-state index is 13.3. The molecule has 5 rings (SSSR count). The van der Waals surface area contributed by atoms with Gasteiger partial charge in [-0.05, 0) is 43.5 Å². The van der Waals surface area contributed by atoms with E-state index < -0.39 is 0 Å². The van der Waals surface area contributed by atoms with Crippen molar-refractivity contribution in [3.8, 4) is 17.3 Å². The van der Waals surface area contributed by atoms with Gasteiger partial charge in [-0.3, -0.25) is 4.79 Å². The minimum Gasteiger partial charge on any atom is -0.494 e. The largest absolute Gasteiger partial charge is 0.494 e. The van der Waals surface area contributed by atoms with Crippen molar-refractivity contribution in [3.05, 3.63) is 48.0 Å². The number of carbonyl (C=O) groups excluding carboxylic acids is 1. The van der Waals surface area contributed by atoms with Crippen LogP contribution in [0, 0.1) is 0 Å². The van der Waals surface area contributed by atoms with Crippen LogP contribution in [0.2, 0.25) is 0 Å². The Labute approximate surface area is 198 Å². The number of aliphatic hydroxyl groups excluding tert-OH is 1. The van der Waals surface area contributed by atoms with Gasteiger partial charge in [-0.25, -0.2) is 4.98 Å². The van der Waals surface area contributed by atoms with Gasteiger partial charge in [0.2, 0.25) is 0 Å². The van der Waals surface area contributed by atoms with Crippen molar-refractivity contribution in [2.75, 3.05) is 26.8 Å². The lowest BCUT2D eigenvalue weighted by atomic mass is 10.0. The number of likely N-dealkylation sites (tertiary alicyclic amines) is 1. The topological polar surface area (TPSA) is 98.5 Å². The molecule has 0 saturated carbocycles. The first kappa shape index (κ1) is 22.4. The number of hydrogen-bond donors (Lipinski definition) is 2. The zero-order valence-corrected chi connectivity index (χ0v) is 19.7. The lowest BCUT2D eigenvalue weighted by Crippen LogP contribution is -2.45. The average Bonchev–Trinajstić information content (AvgIpc) is 3.38. The second kappa shape index (κ2) is 9.12. The number of imidazole rings is 1. The van der Waals surface area contributed by atoms with E-state index in [9.17, 15) is 9.90 Å². The summed E-state index contributed by atoms with van der Waals surface area (Å²) in [5, 5.41) is 10.6. The molecule has 2 aromatic heterocycles. The number of hydrogen-bond acceptors (Lipinski definition) is 5. The first-order valence-corrected chi connectivity index (χ1v) is 11.8. The molecule has 3 N–H and O–H groups in total. The average molecular weight is 462 g/mol. The number of benzene rings is 2. The number of rotatable bonds is 6. The number of carbonyl (C=O) groups is 1. The summed E-state index contributed by atoms with van der Waals surface area (Å²) in [6, 6.07) is 14.0. The molecule has 8 nitrogen and oxygen atoms in total. The zero-order chi connectivity index (χ0) is 23.8. The van der Waals surface area contributed by atoms with Crippen LogP contribution in [0.25, 0.3) is 33.5 Å². The molecule has 178 valence electrons. The van der Waals surface area contributed by atoms with Gasteiger partial charge in [0.05, 0.1) is 18.3 Å². The Hall–Kier alpha value is -3.36. The standard InChI is InChI=1S/C26H31N5O3/c1-29-24-20(13-18(15-23(24)34-2)26(33)30-10-5-8-19(27)16-30)28-25(29)22-14-17-7-3-4-9-21(17)31(22)11-6-12-32/h3-4,7,9,13-15,19,32H,5-6,8,10-12,16,27H2,1-2H3. The molecule has 1 atom stereocenters. The summed E-state index contributed by atoms with van der Waals surface area (Å²) in [4.78, 5) is 20.0. The van der Waals surface area contributed by atoms with E-state index in [0.717, 1.165) is 40.8 Å². The SMILES string of the molecule is COc1cc(C(=O)N2CCCC(N)C2)cc2nc(-c3cc4ccccc4n3CCCO)n(C)c12. The van der Waals surface area contributed by atoms with Gasteiger partial charge in [0, 0.05) is 55.8 Å². The van der Waals surface area contributed by atoms with Crippen LogP contribution in [0.3, 0.4) is 0 Å². The van der Waals surface area contributed by atoms with Gasteiger partial charge < -0.3 is 29.6 Å². The molecule has 4 aromatic rings. The van der Waals surface area contributed by atoms with Gasteiger partial charge in [0.25, 0.3) is 5.91 Å². The van der Waals surface area contributed by atoms with Gasteiger partial charge >= 0.3 is 0 Å². The number of ether oxygens (including phenoxy) is 1. The van der Waals surface area contributed by atoms with Crippen LogP contribution in [0.15, 0.2) is 42.5 Å². The predicted octanol–water partition coefficient (Wildman–Crippen LogP) is 3.15. The molecule has 1 fully saturated rings. The Kier molecular flexibility index (Phi) is 6.02. The molecular formula is C26H31N5O3. The molecule has 1 aliphatic heterocycles. The van der Waals surface area contributed by atoms with Crippen LogP contribution in [0.1, 0.15) is 29.6 Å². The van der Waals surface area contributed by atoms with Crippen LogP contribution in [0.4, 0.5) is 0 Å². The number of methoxy groups -OCH3 is 1. The molecule has 1 unspecified atom stereocenters. The van der Waals surface area contributed by atoms with E-state index in [0.29, 0.717) is 42.9 Å². The predicted molar refractivity (Wildman–Crippen MR) is 133 cm³/mol. The lowest BCUT2D eigenvalue weighted by Gasteiger charge is -2.30. The molecule has 3 heterocycles. The van der Waals surface area contributed by atoms with Crippen molar-refractivity contribution in [1.29, 1.82) is 0 Å². The minimum absolute atomic E-state index is 0.0191. The molecule has 34 heavy (non-hydrogen) atoms. The molecule has 1 saturated heterocycles. The molecule has 0 bridgehead atoms. The third-order valence-electron chi connectivity index (χ3n) is 6.73. The van der Waals surface area contributed by atoms with Crippen molar-refractivity contribution in [3.63, 3.8) is 0 Å². The van der Waals surface area contributed by atoms with Crippen molar-refractivity contribution in [2.45, 2.75) is 31.8 Å². The summed E-state index contributed by atoms with van der Waals surface area (Å²) < 4.78 is 9.93. The van der Waals surface area contributed by atoms with Crippen LogP contribution >= 0.6 is 0 Å². The van der Waals surface area contributed by atoms with E-state index in [-0.39, 0.29) is 18.6 Å². The molecule has 0 aliphatic carbocycles. The first-order valence-electron chi connectivity index (χ1n) is 11.8. The third kappa shape index (κ3) is 3.82. The van der Waals surface area contributed by atoms with E-state index in [1.165, 1.54) is 0 Å². The Morgan fingerprint density at radius 3 is 2.85 bits per heavy atom. The third-order valence-corrected chi connectivity index (χ3v) is 6.73. The van der Waals surface area contributed by atoms with E-state index in [1.54, 1.807) is 13.2 Å². The highest BCUT2D eigenvalue weighted by atomic mass is 16.5. The molecule has 0 spiro atoms. The smallest absolute Gasteiger partial charge is 0.254 e. The highest BCUT2D eigenvalue weighted by molar-refractivity contribution is 6.00. The van der Waals surface area contributed by atoms with Crippen molar-refractivity contribution < 1.29 is 14.6 Å². The van der Waals surface area contributed by atoms with Gasteiger partial charge in [0.1, 0.15) is 11.3 Å². The van der Waals surface area contributed by atoms with Crippen molar-refractivity contribution in [2.24, 2.45) is 12.8 Å². The highest BCUT2D eigenvalue weighted by Crippen LogP contribution is 2.34. The van der Waals surface area contributed by atoms with Crippen LogP contribution in [-0.2, 0) is 13.6 Å². The fourth-order valence-corrected chi connectivity index (χ4v) is 5.06. The quantitative estimate of drug-likeness (QED) is 0.460. The van der Waals surface area contributed by atoms with Crippen LogP contribution in [-0.4, -0.2) is 62.9 Å². The second-order valence-electron chi connectivity index (χ2n) is 9.01. The summed E-state index contributed by atoms with van der Waals surface area (Å²) in [6.07, 6.45) is 2.51. The molecule has 1 amide bonds. The first-order chi connectivity index (χ1) is 16.5. The van der Waals surface area contributed by atoms with Crippen LogP contribution < -0.4 is 10.5 Å². The maximum atomic E-state index is 13.3. The number of amides is 1. The summed E-state index contributed by atoms with van der Waals surface area (Å²) in [5.41, 5.74) is 10.3. The normalized spacial score (nSPS) is 16.5. The van der Waals surface area contributed by atoms with Crippen molar-refractivity contribution >= 4 is 27.8 Å². The molecule has 8 heteroatoms. The van der Waals surface area contributed by atoms with E-state index >= 15 is 0 Å². The molecule has 0 radical (unpaired) electrons. The summed E-state index contributed by atoms with van der Waals surface area (Å²) in [7, 11) is 3.58. The Morgan fingerprint density at radius 2 is 2.09 bits per heavy atom. The van der Waals surface area contributed by atoms with Gasteiger partial charge in [-0.1, -0.05) is 18.2 Å². The van der Waals surface area contributed by atoms with E-state index in [4.69, 9.17) is 15.5 Å². The number of nitrogens with zero attached hydrogens (tertiary/aromatic N) is 4. The van der Waals surface area contributed by atoms with Gasteiger partial charge in [-0.15, -0.1) is 0 Å². The fourth-order valence-electron chi connectivity index (χ4n) is 5.06. The van der Waals surface area contributed by atoms with E-state index in [2.05, 4.69) is 22.8 Å². The van der Waals surface area contributed by atoms with E-state index in [1.807, 2.05) is 34.7 Å². The number of aromatic nitrogens is 3. The number of para-hydroxylation sites is 1. The Balaban J connectivity index is 1.63. The molecule has 2 aromatic carbocycles. The zero-order valence-electron chi connectivity index (χ0n) is 19.7. The minimum atomic E-state index is -0.0420. The molecule has 1 aliphatic rings. The maximum Gasteiger partial charge on any atom is 0.254 e. The second-order valence-corrected chi connectivity index (χ2v) is 9.01. The number of fused-ring (bicyclic) bond motifs is 2. The lowest BCUT2D eigenvalue weighted by molar-refractivity contribution is 0.0708. The molecular weight excluding hydrogens is 430 g/mol. The van der Waals surface area contributed by atoms with Crippen LogP contribution in [0.5, 0.6) is 5.75 Å². The fraction of sp³-hybridized carbons (Fsp3) is 0.385. The Bertz CT molecular complexity index is 1360. The summed E-state index contributed by atoms with van der Waals surface area (Å²) in [5.74, 6) is 1.35. The number of piperidine rings is 1. The summed E-state index contributed by atoms with van der Waals surface area (Å²) in [6.45, 7) is 2.08. The highest BCUT2D eigenvalue weighted by Gasteiger charge is 2.25.